The lowest BCUT2D eigenvalue weighted by Gasteiger charge is -2.35. The molecule has 2 fully saturated rings. The highest BCUT2D eigenvalue weighted by atomic mass is 127. The summed E-state index contributed by atoms with van der Waals surface area (Å²) in [5.41, 5.74) is 1.11. The highest BCUT2D eigenvalue weighted by Crippen LogP contribution is 2.27. The van der Waals surface area contributed by atoms with Crippen molar-refractivity contribution >= 4 is 29.9 Å². The summed E-state index contributed by atoms with van der Waals surface area (Å²) in [4.78, 5) is 6.69. The molecule has 3 rings (SSSR count). The zero-order valence-electron chi connectivity index (χ0n) is 14.7. The molecule has 0 bridgehead atoms. The number of nitrogens with zero attached hydrogens (tertiary/aromatic N) is 2. The standard InChI is InChI=1S/C18H27FN4O.HI/c1-20-18(21-12-14-2-3-14)22-13-17(23-8-10-24-11-9-23)15-4-6-16(19)7-5-15;/h4-7,14,17H,2-3,8-13H2,1H3,(H2,20,21,22);1H. The van der Waals surface area contributed by atoms with E-state index in [1.54, 1.807) is 7.05 Å². The number of rotatable bonds is 6. The number of halogens is 2. The van der Waals surface area contributed by atoms with E-state index in [2.05, 4.69) is 20.5 Å². The van der Waals surface area contributed by atoms with Crippen molar-refractivity contribution in [2.24, 2.45) is 10.9 Å². The predicted octanol–water partition coefficient (Wildman–Crippen LogP) is 2.39. The summed E-state index contributed by atoms with van der Waals surface area (Å²) in [5.74, 6) is 1.44. The van der Waals surface area contributed by atoms with Crippen molar-refractivity contribution in [2.75, 3.05) is 46.4 Å². The Morgan fingerprint density at radius 1 is 1.24 bits per heavy atom. The van der Waals surface area contributed by atoms with Gasteiger partial charge in [-0.15, -0.1) is 24.0 Å². The van der Waals surface area contributed by atoms with Crippen LogP contribution in [-0.4, -0.2) is 57.3 Å². The molecule has 2 aliphatic rings. The fourth-order valence-electron chi connectivity index (χ4n) is 3.01. The van der Waals surface area contributed by atoms with E-state index in [1.807, 2.05) is 12.1 Å². The number of nitrogens with one attached hydrogen (secondary N) is 2. The van der Waals surface area contributed by atoms with Gasteiger partial charge in [-0.2, -0.15) is 0 Å². The summed E-state index contributed by atoms with van der Waals surface area (Å²) in [5, 5.41) is 6.81. The number of benzene rings is 1. The molecular formula is C18H28FIN4O. The Bertz CT molecular complexity index is 545. The number of hydrogen-bond acceptors (Lipinski definition) is 3. The van der Waals surface area contributed by atoms with E-state index in [0.717, 1.165) is 56.8 Å². The second kappa shape index (κ2) is 10.3. The van der Waals surface area contributed by atoms with Gasteiger partial charge in [0.1, 0.15) is 5.82 Å². The van der Waals surface area contributed by atoms with Gasteiger partial charge in [0.25, 0.3) is 0 Å². The quantitative estimate of drug-likeness (QED) is 0.388. The van der Waals surface area contributed by atoms with Crippen molar-refractivity contribution in [3.05, 3.63) is 35.6 Å². The van der Waals surface area contributed by atoms with Gasteiger partial charge in [0.05, 0.1) is 19.3 Å². The third kappa shape index (κ3) is 6.38. The molecule has 1 atom stereocenters. The fraction of sp³-hybridized carbons (Fsp3) is 0.611. The van der Waals surface area contributed by atoms with Crippen LogP contribution in [0.3, 0.4) is 0 Å². The first kappa shape index (κ1) is 20.4. The van der Waals surface area contributed by atoms with E-state index in [0.29, 0.717) is 0 Å². The molecule has 1 heterocycles. The summed E-state index contributed by atoms with van der Waals surface area (Å²) >= 11 is 0. The fourth-order valence-corrected chi connectivity index (χ4v) is 3.01. The van der Waals surface area contributed by atoms with Crippen LogP contribution in [0.2, 0.25) is 0 Å². The second-order valence-corrected chi connectivity index (χ2v) is 6.49. The summed E-state index contributed by atoms with van der Waals surface area (Å²) in [6.45, 7) is 4.97. The normalized spacial score (nSPS) is 19.8. The van der Waals surface area contributed by atoms with Crippen molar-refractivity contribution in [3.63, 3.8) is 0 Å². The van der Waals surface area contributed by atoms with Crippen molar-refractivity contribution in [3.8, 4) is 0 Å². The number of ether oxygens (including phenoxy) is 1. The van der Waals surface area contributed by atoms with Gasteiger partial charge in [-0.1, -0.05) is 12.1 Å². The van der Waals surface area contributed by atoms with Crippen molar-refractivity contribution in [1.82, 2.24) is 15.5 Å². The molecule has 1 aliphatic carbocycles. The van der Waals surface area contributed by atoms with Gasteiger partial charge < -0.3 is 15.4 Å². The van der Waals surface area contributed by atoms with Crippen LogP contribution in [-0.2, 0) is 4.74 Å². The molecule has 1 unspecified atom stereocenters. The lowest BCUT2D eigenvalue weighted by atomic mass is 10.0. The van der Waals surface area contributed by atoms with Crippen LogP contribution in [0.25, 0.3) is 0 Å². The molecule has 0 spiro atoms. The van der Waals surface area contributed by atoms with E-state index in [-0.39, 0.29) is 35.8 Å². The summed E-state index contributed by atoms with van der Waals surface area (Å²) in [6.07, 6.45) is 2.63. The van der Waals surface area contributed by atoms with Crippen LogP contribution >= 0.6 is 24.0 Å². The van der Waals surface area contributed by atoms with Crippen molar-refractivity contribution in [2.45, 2.75) is 18.9 Å². The molecule has 0 radical (unpaired) electrons. The van der Waals surface area contributed by atoms with Crippen LogP contribution < -0.4 is 10.6 Å². The zero-order valence-corrected chi connectivity index (χ0v) is 17.0. The first-order valence-corrected chi connectivity index (χ1v) is 8.78. The topological polar surface area (TPSA) is 48.9 Å². The molecule has 0 aromatic heterocycles. The van der Waals surface area contributed by atoms with Crippen molar-refractivity contribution in [1.29, 1.82) is 0 Å². The molecule has 25 heavy (non-hydrogen) atoms. The Labute approximate surface area is 166 Å². The highest BCUT2D eigenvalue weighted by Gasteiger charge is 2.24. The minimum Gasteiger partial charge on any atom is -0.379 e. The van der Waals surface area contributed by atoms with Crippen LogP contribution in [0.15, 0.2) is 29.3 Å². The van der Waals surface area contributed by atoms with Gasteiger partial charge in [-0.25, -0.2) is 4.39 Å². The molecule has 1 saturated heterocycles. The van der Waals surface area contributed by atoms with Crippen molar-refractivity contribution < 1.29 is 9.13 Å². The number of aliphatic imine (C=N–C) groups is 1. The van der Waals surface area contributed by atoms with Gasteiger partial charge >= 0.3 is 0 Å². The Kier molecular flexibility index (Phi) is 8.38. The van der Waals surface area contributed by atoms with Crippen LogP contribution in [0.5, 0.6) is 0 Å². The van der Waals surface area contributed by atoms with Crippen LogP contribution in [0, 0.1) is 11.7 Å². The monoisotopic (exact) mass is 462 g/mol. The van der Waals surface area contributed by atoms with Gasteiger partial charge in [-0.3, -0.25) is 9.89 Å². The van der Waals surface area contributed by atoms with E-state index < -0.39 is 0 Å². The van der Waals surface area contributed by atoms with Crippen LogP contribution in [0.4, 0.5) is 4.39 Å². The molecule has 1 saturated carbocycles. The summed E-state index contributed by atoms with van der Waals surface area (Å²) in [7, 11) is 1.80. The largest absolute Gasteiger partial charge is 0.379 e. The van der Waals surface area contributed by atoms with Gasteiger partial charge in [0.2, 0.25) is 0 Å². The Hall–Kier alpha value is -0.930. The number of hydrogen-bond donors (Lipinski definition) is 2. The zero-order chi connectivity index (χ0) is 16.8. The first-order valence-electron chi connectivity index (χ1n) is 8.78. The molecule has 0 amide bonds. The van der Waals surface area contributed by atoms with E-state index >= 15 is 0 Å². The van der Waals surface area contributed by atoms with E-state index in [1.165, 1.54) is 25.0 Å². The average molecular weight is 462 g/mol. The minimum atomic E-state index is -0.200. The molecule has 2 N–H and O–H groups in total. The third-order valence-corrected chi connectivity index (χ3v) is 4.68. The molecule has 140 valence electrons. The van der Waals surface area contributed by atoms with Gasteiger partial charge in [-0.05, 0) is 36.5 Å². The maximum Gasteiger partial charge on any atom is 0.191 e. The maximum atomic E-state index is 13.3. The van der Waals surface area contributed by atoms with E-state index in [9.17, 15) is 4.39 Å². The number of morpholine rings is 1. The minimum absolute atomic E-state index is 0. The van der Waals surface area contributed by atoms with E-state index in [4.69, 9.17) is 4.74 Å². The first-order chi connectivity index (χ1) is 11.8. The molecule has 1 aromatic rings. The Morgan fingerprint density at radius 2 is 1.92 bits per heavy atom. The maximum absolute atomic E-state index is 13.3. The average Bonchev–Trinajstić information content (AvgIpc) is 3.44. The third-order valence-electron chi connectivity index (χ3n) is 4.68. The predicted molar refractivity (Wildman–Crippen MR) is 109 cm³/mol. The number of guanidine groups is 1. The second-order valence-electron chi connectivity index (χ2n) is 6.49. The molecule has 5 nitrogen and oxygen atoms in total. The molecule has 7 heteroatoms. The Morgan fingerprint density at radius 3 is 2.52 bits per heavy atom. The molecule has 1 aliphatic heterocycles. The molecule has 1 aromatic carbocycles. The smallest absolute Gasteiger partial charge is 0.191 e. The van der Waals surface area contributed by atoms with Gasteiger partial charge in [0, 0.05) is 33.2 Å². The SMILES string of the molecule is CN=C(NCC1CC1)NCC(c1ccc(F)cc1)N1CCOCC1.I. The summed E-state index contributed by atoms with van der Waals surface area (Å²) < 4.78 is 18.7. The van der Waals surface area contributed by atoms with Gasteiger partial charge in [0.15, 0.2) is 5.96 Å². The lowest BCUT2D eigenvalue weighted by molar-refractivity contribution is 0.0170. The van der Waals surface area contributed by atoms with Crippen LogP contribution in [0.1, 0.15) is 24.4 Å². The molecular weight excluding hydrogens is 434 g/mol. The summed E-state index contributed by atoms with van der Waals surface area (Å²) in [6, 6.07) is 6.98. The Balaban J connectivity index is 0.00000225. The lowest BCUT2D eigenvalue weighted by Crippen LogP contribution is -2.46. The highest BCUT2D eigenvalue weighted by molar-refractivity contribution is 14.0.